The Hall–Kier alpha value is -2.35. The molecule has 0 saturated carbocycles. The SMILES string of the molecule is O=C([O-])C#Cc1ccc([N+](=O)[O-])cc1. The fourth-order valence-corrected chi connectivity index (χ4v) is 0.790. The highest BCUT2D eigenvalue weighted by Crippen LogP contribution is 2.10. The first-order valence-corrected chi connectivity index (χ1v) is 3.57. The lowest BCUT2D eigenvalue weighted by Gasteiger charge is -1.91. The van der Waals surface area contributed by atoms with Crippen molar-refractivity contribution >= 4 is 11.7 Å². The van der Waals surface area contributed by atoms with Gasteiger partial charge in [-0.1, -0.05) is 5.92 Å². The number of nitrogens with zero attached hydrogens (tertiary/aromatic N) is 1. The molecule has 1 aromatic carbocycles. The maximum atomic E-state index is 10.2. The summed E-state index contributed by atoms with van der Waals surface area (Å²) in [7, 11) is 0. The zero-order chi connectivity index (χ0) is 10.6. The quantitative estimate of drug-likeness (QED) is 0.345. The predicted molar refractivity (Wildman–Crippen MR) is 45.0 cm³/mol. The van der Waals surface area contributed by atoms with Gasteiger partial charge in [-0.25, -0.2) is 0 Å². The van der Waals surface area contributed by atoms with Gasteiger partial charge in [0.2, 0.25) is 0 Å². The second-order valence-electron chi connectivity index (χ2n) is 2.34. The molecule has 0 heterocycles. The Balaban J connectivity index is 2.91. The molecule has 70 valence electrons. The van der Waals surface area contributed by atoms with Crippen molar-refractivity contribution in [1.29, 1.82) is 0 Å². The van der Waals surface area contributed by atoms with Gasteiger partial charge in [-0.05, 0) is 18.1 Å². The third-order valence-electron chi connectivity index (χ3n) is 1.39. The van der Waals surface area contributed by atoms with E-state index in [1.165, 1.54) is 24.3 Å². The van der Waals surface area contributed by atoms with Gasteiger partial charge < -0.3 is 9.90 Å². The zero-order valence-corrected chi connectivity index (χ0v) is 6.89. The molecule has 5 nitrogen and oxygen atoms in total. The van der Waals surface area contributed by atoms with E-state index in [0.717, 1.165) is 0 Å². The highest BCUT2D eigenvalue weighted by Gasteiger charge is 2.01. The van der Waals surface area contributed by atoms with Crippen molar-refractivity contribution in [3.8, 4) is 11.8 Å². The monoisotopic (exact) mass is 190 g/mol. The summed E-state index contributed by atoms with van der Waals surface area (Å²) in [6.07, 6.45) is 0. The molecular weight excluding hydrogens is 186 g/mol. The summed E-state index contributed by atoms with van der Waals surface area (Å²) in [5.74, 6) is 2.59. The first kappa shape index (κ1) is 9.74. The molecule has 0 saturated heterocycles. The predicted octanol–water partition coefficient (Wildman–Crippen LogP) is -0.304. The van der Waals surface area contributed by atoms with Gasteiger partial charge in [0.25, 0.3) is 5.69 Å². The highest BCUT2D eigenvalue weighted by atomic mass is 16.6. The average Bonchev–Trinajstić information content (AvgIpc) is 2.15. The van der Waals surface area contributed by atoms with Crippen molar-refractivity contribution in [1.82, 2.24) is 0 Å². The Morgan fingerprint density at radius 3 is 2.29 bits per heavy atom. The number of hydrogen-bond acceptors (Lipinski definition) is 4. The molecule has 1 aromatic rings. The molecule has 0 unspecified atom stereocenters. The second-order valence-corrected chi connectivity index (χ2v) is 2.34. The van der Waals surface area contributed by atoms with Crippen molar-refractivity contribution in [3.05, 3.63) is 39.9 Å². The number of carbonyl (C=O) groups excluding carboxylic acids is 1. The van der Waals surface area contributed by atoms with Crippen LogP contribution in [0.25, 0.3) is 0 Å². The molecule has 0 aromatic heterocycles. The summed E-state index contributed by atoms with van der Waals surface area (Å²) in [5.41, 5.74) is 0.323. The van der Waals surface area contributed by atoms with Gasteiger partial charge in [0.15, 0.2) is 0 Å². The van der Waals surface area contributed by atoms with E-state index in [4.69, 9.17) is 0 Å². The normalized spacial score (nSPS) is 8.57. The Morgan fingerprint density at radius 1 is 1.29 bits per heavy atom. The largest absolute Gasteiger partial charge is 0.537 e. The Bertz CT molecular complexity index is 424. The van der Waals surface area contributed by atoms with Crippen LogP contribution in [0.4, 0.5) is 5.69 Å². The Morgan fingerprint density at radius 2 is 1.86 bits per heavy atom. The fourth-order valence-electron chi connectivity index (χ4n) is 0.790. The Kier molecular flexibility index (Phi) is 2.82. The number of hydrogen-bond donors (Lipinski definition) is 0. The molecule has 0 aliphatic carbocycles. The molecule has 0 fully saturated rings. The van der Waals surface area contributed by atoms with E-state index in [-0.39, 0.29) is 5.69 Å². The zero-order valence-electron chi connectivity index (χ0n) is 6.89. The van der Waals surface area contributed by atoms with E-state index >= 15 is 0 Å². The van der Waals surface area contributed by atoms with Crippen LogP contribution in [-0.2, 0) is 4.79 Å². The van der Waals surface area contributed by atoms with Crippen molar-refractivity contribution in [2.75, 3.05) is 0 Å². The van der Waals surface area contributed by atoms with E-state index < -0.39 is 10.9 Å². The van der Waals surface area contributed by atoms with Crippen LogP contribution in [0.1, 0.15) is 5.56 Å². The molecule has 5 heteroatoms. The molecule has 0 amide bonds. The summed E-state index contributed by atoms with van der Waals surface area (Å²) < 4.78 is 0. The third kappa shape index (κ3) is 2.60. The van der Waals surface area contributed by atoms with E-state index in [0.29, 0.717) is 5.56 Å². The molecule has 1 rings (SSSR count). The number of carboxylic acids is 1. The minimum Gasteiger partial charge on any atom is -0.537 e. The van der Waals surface area contributed by atoms with Crippen LogP contribution in [0, 0.1) is 22.0 Å². The van der Waals surface area contributed by atoms with Crippen LogP contribution in [0.15, 0.2) is 24.3 Å². The molecular formula is C9H4NO4-. The lowest BCUT2D eigenvalue weighted by molar-refractivity contribution is -0.384. The van der Waals surface area contributed by atoms with Gasteiger partial charge in [0.05, 0.1) is 4.92 Å². The molecule has 0 aliphatic rings. The molecule has 14 heavy (non-hydrogen) atoms. The first-order valence-electron chi connectivity index (χ1n) is 3.57. The van der Waals surface area contributed by atoms with Gasteiger partial charge in [-0.3, -0.25) is 10.1 Å². The summed E-state index contributed by atoms with van der Waals surface area (Å²) in [5, 5.41) is 20.2. The van der Waals surface area contributed by atoms with Crippen LogP contribution < -0.4 is 5.11 Å². The number of carbonyl (C=O) groups is 1. The Labute approximate surface area is 79.1 Å². The molecule has 0 aliphatic heterocycles. The standard InChI is InChI=1S/C9H5NO4/c11-9(12)6-3-7-1-4-8(5-2-7)10(13)14/h1-2,4-5H,(H,11,12)/p-1. The van der Waals surface area contributed by atoms with Crippen molar-refractivity contribution < 1.29 is 14.8 Å². The smallest absolute Gasteiger partial charge is 0.269 e. The van der Waals surface area contributed by atoms with Gasteiger partial charge in [0, 0.05) is 17.7 Å². The summed E-state index contributed by atoms with van der Waals surface area (Å²) in [4.78, 5) is 19.7. The molecule has 0 spiro atoms. The minimum atomic E-state index is -1.48. The molecule has 0 bridgehead atoms. The molecule has 0 N–H and O–H groups in total. The summed E-state index contributed by atoms with van der Waals surface area (Å²) >= 11 is 0. The maximum Gasteiger partial charge on any atom is 0.269 e. The van der Waals surface area contributed by atoms with Crippen LogP contribution in [-0.4, -0.2) is 10.9 Å². The maximum absolute atomic E-state index is 10.2. The number of nitro groups is 1. The topological polar surface area (TPSA) is 83.3 Å². The van der Waals surface area contributed by atoms with E-state index in [2.05, 4.69) is 5.92 Å². The van der Waals surface area contributed by atoms with E-state index in [1.54, 1.807) is 5.92 Å². The average molecular weight is 190 g/mol. The molecule has 0 radical (unpaired) electrons. The van der Waals surface area contributed by atoms with Crippen molar-refractivity contribution in [3.63, 3.8) is 0 Å². The van der Waals surface area contributed by atoms with Gasteiger partial charge in [-0.15, -0.1) is 0 Å². The fraction of sp³-hybridized carbons (Fsp3) is 0. The number of non-ortho nitro benzene ring substituents is 1. The minimum absolute atomic E-state index is 0.0657. The van der Waals surface area contributed by atoms with Crippen LogP contribution in [0.5, 0.6) is 0 Å². The van der Waals surface area contributed by atoms with Gasteiger partial charge >= 0.3 is 0 Å². The van der Waals surface area contributed by atoms with Crippen LogP contribution >= 0.6 is 0 Å². The number of rotatable bonds is 1. The lowest BCUT2D eigenvalue weighted by Crippen LogP contribution is -2.19. The van der Waals surface area contributed by atoms with Crippen molar-refractivity contribution in [2.24, 2.45) is 0 Å². The van der Waals surface area contributed by atoms with Crippen LogP contribution in [0.2, 0.25) is 0 Å². The van der Waals surface area contributed by atoms with E-state index in [9.17, 15) is 20.0 Å². The van der Waals surface area contributed by atoms with Crippen molar-refractivity contribution in [2.45, 2.75) is 0 Å². The molecule has 0 atom stereocenters. The van der Waals surface area contributed by atoms with Gasteiger partial charge in [-0.2, -0.15) is 0 Å². The van der Waals surface area contributed by atoms with E-state index in [1.807, 2.05) is 0 Å². The van der Waals surface area contributed by atoms with Crippen LogP contribution in [0.3, 0.4) is 0 Å². The first-order chi connectivity index (χ1) is 6.59. The third-order valence-corrected chi connectivity index (χ3v) is 1.39. The summed E-state index contributed by atoms with van der Waals surface area (Å²) in [6.45, 7) is 0. The second kappa shape index (κ2) is 4.05. The summed E-state index contributed by atoms with van der Waals surface area (Å²) in [6, 6.07) is 5.24. The highest BCUT2D eigenvalue weighted by molar-refractivity contribution is 5.85. The number of nitro benzene ring substituents is 1. The number of aliphatic carboxylic acids is 1. The number of benzene rings is 1. The number of carboxylic acid groups (broad SMARTS) is 1. The van der Waals surface area contributed by atoms with Gasteiger partial charge in [0.1, 0.15) is 5.97 Å². The lowest BCUT2D eigenvalue weighted by atomic mass is 10.2.